The van der Waals surface area contributed by atoms with E-state index in [4.69, 9.17) is 15.7 Å². The largest absolute Gasteiger partial charge is 0.399 e. The number of fused-ring (bicyclic) bond motifs is 2. The van der Waals surface area contributed by atoms with Crippen LogP contribution in [0.5, 0.6) is 0 Å². The van der Waals surface area contributed by atoms with Crippen LogP contribution in [0.25, 0.3) is 22.3 Å². The molecule has 1 heterocycles. The summed E-state index contributed by atoms with van der Waals surface area (Å²) in [6, 6.07) is 24.9. The van der Waals surface area contributed by atoms with E-state index >= 15 is 0 Å². The molecular weight excluding hydrogens is 332 g/mol. The number of hydrogen-bond acceptors (Lipinski definition) is 4. The Morgan fingerprint density at radius 3 is 2.19 bits per heavy atom. The van der Waals surface area contributed by atoms with E-state index in [9.17, 15) is 0 Å². The first-order valence-electron chi connectivity index (χ1n) is 9.22. The molecule has 3 N–H and O–H groups in total. The standard InChI is InChI=1S/C23H20N4/c24-18-11-9-15(10-12-18)22-26-21-8-4-3-7-20(21)23(27-22)25-19-13-16-5-1-2-6-17(16)14-19/h1-12,19H,13-14,24H2,(H,25,26,27). The van der Waals surface area contributed by atoms with Crippen molar-refractivity contribution in [1.82, 2.24) is 9.97 Å². The second-order valence-electron chi connectivity index (χ2n) is 7.05. The van der Waals surface area contributed by atoms with Gasteiger partial charge in [0.2, 0.25) is 0 Å². The molecule has 4 heteroatoms. The first kappa shape index (κ1) is 15.8. The molecular formula is C23H20N4. The highest BCUT2D eigenvalue weighted by molar-refractivity contribution is 5.90. The molecule has 0 aliphatic heterocycles. The van der Waals surface area contributed by atoms with Crippen molar-refractivity contribution in [2.24, 2.45) is 0 Å². The van der Waals surface area contributed by atoms with Crippen LogP contribution in [0.2, 0.25) is 0 Å². The number of nitrogens with one attached hydrogen (secondary N) is 1. The molecule has 0 atom stereocenters. The monoisotopic (exact) mass is 352 g/mol. The van der Waals surface area contributed by atoms with E-state index < -0.39 is 0 Å². The fourth-order valence-electron chi connectivity index (χ4n) is 3.80. The highest BCUT2D eigenvalue weighted by atomic mass is 15.1. The SMILES string of the molecule is Nc1ccc(-c2nc(NC3Cc4ccccc4C3)c3ccccc3n2)cc1. The van der Waals surface area contributed by atoms with E-state index in [1.165, 1.54) is 11.1 Å². The summed E-state index contributed by atoms with van der Waals surface area (Å²) in [6.07, 6.45) is 2.04. The Hall–Kier alpha value is -3.40. The molecule has 4 nitrogen and oxygen atoms in total. The van der Waals surface area contributed by atoms with Gasteiger partial charge in [0, 0.05) is 22.7 Å². The normalized spacial score (nSPS) is 13.6. The van der Waals surface area contributed by atoms with Gasteiger partial charge in [0.05, 0.1) is 5.52 Å². The van der Waals surface area contributed by atoms with Crippen molar-refractivity contribution in [3.63, 3.8) is 0 Å². The van der Waals surface area contributed by atoms with E-state index in [0.29, 0.717) is 11.9 Å². The molecule has 1 aliphatic rings. The lowest BCUT2D eigenvalue weighted by Crippen LogP contribution is -2.20. The molecule has 0 spiro atoms. The van der Waals surface area contributed by atoms with Crippen molar-refractivity contribution in [3.05, 3.63) is 83.9 Å². The summed E-state index contributed by atoms with van der Waals surface area (Å²) in [5.41, 5.74) is 11.3. The second kappa shape index (κ2) is 6.40. The van der Waals surface area contributed by atoms with Crippen molar-refractivity contribution in [2.75, 3.05) is 11.1 Å². The number of benzene rings is 3. The summed E-state index contributed by atoms with van der Waals surface area (Å²) < 4.78 is 0. The summed E-state index contributed by atoms with van der Waals surface area (Å²) in [4.78, 5) is 9.62. The van der Waals surface area contributed by atoms with E-state index in [1.807, 2.05) is 42.5 Å². The fraction of sp³-hybridized carbons (Fsp3) is 0.130. The van der Waals surface area contributed by atoms with Crippen LogP contribution in [0.4, 0.5) is 11.5 Å². The topological polar surface area (TPSA) is 63.8 Å². The Bertz CT molecular complexity index is 1090. The fourth-order valence-corrected chi connectivity index (χ4v) is 3.80. The van der Waals surface area contributed by atoms with Crippen molar-refractivity contribution >= 4 is 22.4 Å². The molecule has 3 aromatic carbocycles. The van der Waals surface area contributed by atoms with Gasteiger partial charge in [0.25, 0.3) is 0 Å². The van der Waals surface area contributed by atoms with Crippen LogP contribution in [0.1, 0.15) is 11.1 Å². The summed E-state index contributed by atoms with van der Waals surface area (Å²) in [5, 5.41) is 4.73. The molecule has 1 aliphatic carbocycles. The first-order chi connectivity index (χ1) is 13.3. The minimum atomic E-state index is 0.347. The number of hydrogen-bond donors (Lipinski definition) is 2. The molecule has 5 rings (SSSR count). The molecule has 0 saturated heterocycles. The Morgan fingerprint density at radius 1 is 0.778 bits per heavy atom. The molecule has 4 aromatic rings. The summed E-state index contributed by atoms with van der Waals surface area (Å²) in [5.74, 6) is 1.61. The Kier molecular flexibility index (Phi) is 3.75. The summed E-state index contributed by atoms with van der Waals surface area (Å²) >= 11 is 0. The zero-order valence-electron chi connectivity index (χ0n) is 14.9. The van der Waals surface area contributed by atoms with Gasteiger partial charge in [-0.3, -0.25) is 0 Å². The molecule has 132 valence electrons. The average Bonchev–Trinajstić information content (AvgIpc) is 3.11. The number of anilines is 2. The molecule has 0 bridgehead atoms. The molecule has 0 amide bonds. The van der Waals surface area contributed by atoms with Crippen molar-refractivity contribution < 1.29 is 0 Å². The molecule has 0 unspecified atom stereocenters. The molecule has 0 saturated carbocycles. The molecule has 1 aromatic heterocycles. The number of nitrogens with two attached hydrogens (primary N) is 1. The van der Waals surface area contributed by atoms with Crippen LogP contribution in [-0.2, 0) is 12.8 Å². The lowest BCUT2D eigenvalue weighted by molar-refractivity contribution is 0.770. The van der Waals surface area contributed by atoms with Crippen LogP contribution in [-0.4, -0.2) is 16.0 Å². The van der Waals surface area contributed by atoms with E-state index in [1.54, 1.807) is 0 Å². The van der Waals surface area contributed by atoms with Crippen LogP contribution < -0.4 is 11.1 Å². The Balaban J connectivity index is 1.54. The van der Waals surface area contributed by atoms with Crippen molar-refractivity contribution in [2.45, 2.75) is 18.9 Å². The quantitative estimate of drug-likeness (QED) is 0.534. The third-order valence-corrected chi connectivity index (χ3v) is 5.16. The Labute approximate surface area is 158 Å². The number of nitrogen functional groups attached to an aromatic ring is 1. The van der Waals surface area contributed by atoms with Gasteiger partial charge < -0.3 is 11.1 Å². The van der Waals surface area contributed by atoms with E-state index in [-0.39, 0.29) is 0 Å². The van der Waals surface area contributed by atoms with Crippen molar-refractivity contribution in [1.29, 1.82) is 0 Å². The lowest BCUT2D eigenvalue weighted by atomic mass is 10.1. The summed E-state index contributed by atoms with van der Waals surface area (Å²) in [7, 11) is 0. The number of para-hydroxylation sites is 1. The minimum absolute atomic E-state index is 0.347. The zero-order valence-corrected chi connectivity index (χ0v) is 14.9. The van der Waals surface area contributed by atoms with Crippen LogP contribution in [0.15, 0.2) is 72.8 Å². The highest BCUT2D eigenvalue weighted by Gasteiger charge is 2.22. The van der Waals surface area contributed by atoms with Gasteiger partial charge in [-0.15, -0.1) is 0 Å². The average molecular weight is 352 g/mol. The van der Waals surface area contributed by atoms with Gasteiger partial charge in [-0.1, -0.05) is 36.4 Å². The number of rotatable bonds is 3. The highest BCUT2D eigenvalue weighted by Crippen LogP contribution is 2.29. The Morgan fingerprint density at radius 2 is 1.44 bits per heavy atom. The van der Waals surface area contributed by atoms with Gasteiger partial charge in [-0.05, 0) is 60.4 Å². The van der Waals surface area contributed by atoms with Crippen LogP contribution in [0, 0.1) is 0 Å². The van der Waals surface area contributed by atoms with Gasteiger partial charge in [0.15, 0.2) is 5.82 Å². The van der Waals surface area contributed by atoms with Crippen molar-refractivity contribution in [3.8, 4) is 11.4 Å². The summed E-state index contributed by atoms with van der Waals surface area (Å²) in [6.45, 7) is 0. The van der Waals surface area contributed by atoms with Gasteiger partial charge in [-0.25, -0.2) is 9.97 Å². The maximum atomic E-state index is 5.82. The zero-order chi connectivity index (χ0) is 18.2. The van der Waals surface area contributed by atoms with Crippen LogP contribution >= 0.6 is 0 Å². The number of nitrogens with zero attached hydrogens (tertiary/aromatic N) is 2. The van der Waals surface area contributed by atoms with Gasteiger partial charge in [0.1, 0.15) is 5.82 Å². The minimum Gasteiger partial charge on any atom is -0.399 e. The molecule has 0 radical (unpaired) electrons. The predicted molar refractivity (Wildman–Crippen MR) is 111 cm³/mol. The third-order valence-electron chi connectivity index (χ3n) is 5.16. The second-order valence-corrected chi connectivity index (χ2v) is 7.05. The molecule has 27 heavy (non-hydrogen) atoms. The molecule has 0 fully saturated rings. The maximum absolute atomic E-state index is 5.82. The third kappa shape index (κ3) is 2.99. The van der Waals surface area contributed by atoms with Crippen LogP contribution in [0.3, 0.4) is 0 Å². The lowest BCUT2D eigenvalue weighted by Gasteiger charge is -2.16. The van der Waals surface area contributed by atoms with E-state index in [0.717, 1.165) is 40.8 Å². The smallest absolute Gasteiger partial charge is 0.162 e. The van der Waals surface area contributed by atoms with Gasteiger partial charge in [-0.2, -0.15) is 0 Å². The maximum Gasteiger partial charge on any atom is 0.162 e. The van der Waals surface area contributed by atoms with Gasteiger partial charge >= 0.3 is 0 Å². The van der Waals surface area contributed by atoms with E-state index in [2.05, 4.69) is 35.6 Å². The number of aromatic nitrogens is 2. The predicted octanol–water partition coefficient (Wildman–Crippen LogP) is 4.46. The first-order valence-corrected chi connectivity index (χ1v) is 9.22.